The van der Waals surface area contributed by atoms with Gasteiger partial charge in [0.2, 0.25) is 0 Å². The van der Waals surface area contributed by atoms with Crippen molar-refractivity contribution in [2.75, 3.05) is 7.11 Å². The molecule has 0 heterocycles. The van der Waals surface area contributed by atoms with Crippen molar-refractivity contribution in [3.63, 3.8) is 0 Å². The van der Waals surface area contributed by atoms with Crippen molar-refractivity contribution in [1.82, 2.24) is 0 Å². The van der Waals surface area contributed by atoms with Crippen molar-refractivity contribution < 1.29 is 14.6 Å². The van der Waals surface area contributed by atoms with Gasteiger partial charge in [-0.25, -0.2) is 4.79 Å². The third kappa shape index (κ3) is 2.88. The summed E-state index contributed by atoms with van der Waals surface area (Å²) in [5, 5.41) is 8.47. The molecule has 4 heteroatoms. The topological polar surface area (TPSA) is 46.5 Å². The van der Waals surface area contributed by atoms with Crippen LogP contribution in [0.25, 0.3) is 6.08 Å². The summed E-state index contributed by atoms with van der Waals surface area (Å²) >= 11 is 3.30. The van der Waals surface area contributed by atoms with Gasteiger partial charge >= 0.3 is 5.97 Å². The number of aliphatic carboxylic acids is 1. The Morgan fingerprint density at radius 3 is 2.86 bits per heavy atom. The maximum atomic E-state index is 10.3. The van der Waals surface area contributed by atoms with Crippen molar-refractivity contribution in [2.24, 2.45) is 0 Å². The minimum Gasteiger partial charge on any atom is -0.496 e. The van der Waals surface area contributed by atoms with Gasteiger partial charge < -0.3 is 9.84 Å². The Hall–Kier alpha value is -1.29. The molecule has 3 nitrogen and oxygen atoms in total. The molecular weight excluding hydrogens is 248 g/mol. The molecule has 74 valence electrons. The molecule has 0 fully saturated rings. The average Bonchev–Trinajstić information content (AvgIpc) is 2.15. The fourth-order valence-electron chi connectivity index (χ4n) is 0.997. The third-order valence-electron chi connectivity index (χ3n) is 1.60. The standard InChI is InChI=1S/C10H9BrO3/c1-14-9-4-3-8(11)6-7(9)2-5-10(12)13/h2-6H,1H3,(H,12,13). The number of hydrogen-bond donors (Lipinski definition) is 1. The molecule has 0 aliphatic heterocycles. The Bertz CT molecular complexity index is 372. The molecule has 0 bridgehead atoms. The molecule has 1 aromatic carbocycles. The summed E-state index contributed by atoms with van der Waals surface area (Å²) in [6.07, 6.45) is 2.57. The van der Waals surface area contributed by atoms with E-state index in [1.54, 1.807) is 19.2 Å². The van der Waals surface area contributed by atoms with E-state index >= 15 is 0 Å². The second kappa shape index (κ2) is 4.81. The summed E-state index contributed by atoms with van der Waals surface area (Å²) in [5.74, 6) is -0.335. The fourth-order valence-corrected chi connectivity index (χ4v) is 1.38. The van der Waals surface area contributed by atoms with Gasteiger partial charge in [-0.1, -0.05) is 15.9 Å². The van der Waals surface area contributed by atoms with Crippen LogP contribution in [0, 0.1) is 0 Å². The summed E-state index contributed by atoms with van der Waals surface area (Å²) < 4.78 is 5.95. The Labute approximate surface area is 90.1 Å². The second-order valence-corrected chi connectivity index (χ2v) is 3.47. The van der Waals surface area contributed by atoms with Crippen LogP contribution in [0.5, 0.6) is 5.75 Å². The van der Waals surface area contributed by atoms with Gasteiger partial charge in [0.05, 0.1) is 7.11 Å². The van der Waals surface area contributed by atoms with Gasteiger partial charge in [0, 0.05) is 16.1 Å². The SMILES string of the molecule is COc1ccc(Br)cc1C=CC(=O)O. The normalized spacial score (nSPS) is 10.4. The van der Waals surface area contributed by atoms with Crippen molar-refractivity contribution in [1.29, 1.82) is 0 Å². The summed E-state index contributed by atoms with van der Waals surface area (Å²) in [5.41, 5.74) is 0.726. The summed E-state index contributed by atoms with van der Waals surface area (Å²) in [6, 6.07) is 5.39. The maximum Gasteiger partial charge on any atom is 0.328 e. The lowest BCUT2D eigenvalue weighted by molar-refractivity contribution is -0.131. The number of halogens is 1. The molecule has 1 rings (SSSR count). The van der Waals surface area contributed by atoms with Crippen molar-refractivity contribution in [3.8, 4) is 5.75 Å². The fraction of sp³-hybridized carbons (Fsp3) is 0.100. The van der Waals surface area contributed by atoms with Gasteiger partial charge in [-0.05, 0) is 24.3 Å². The predicted molar refractivity (Wildman–Crippen MR) is 57.4 cm³/mol. The maximum absolute atomic E-state index is 10.3. The number of carboxylic acid groups (broad SMARTS) is 1. The van der Waals surface area contributed by atoms with E-state index in [1.807, 2.05) is 6.07 Å². The number of carbonyl (C=O) groups is 1. The van der Waals surface area contributed by atoms with E-state index in [-0.39, 0.29) is 0 Å². The summed E-state index contributed by atoms with van der Waals surface area (Å²) in [6.45, 7) is 0. The van der Waals surface area contributed by atoms with Gasteiger partial charge in [0.1, 0.15) is 5.75 Å². The predicted octanol–water partition coefficient (Wildman–Crippen LogP) is 2.56. The molecule has 0 radical (unpaired) electrons. The zero-order valence-corrected chi connectivity index (χ0v) is 9.11. The van der Waals surface area contributed by atoms with E-state index in [4.69, 9.17) is 9.84 Å². The molecule has 0 spiro atoms. The third-order valence-corrected chi connectivity index (χ3v) is 2.09. The first-order valence-electron chi connectivity index (χ1n) is 3.88. The Morgan fingerprint density at radius 2 is 2.29 bits per heavy atom. The summed E-state index contributed by atoms with van der Waals surface area (Å²) in [4.78, 5) is 10.3. The van der Waals surface area contributed by atoms with Crippen LogP contribution in [-0.2, 0) is 4.79 Å². The van der Waals surface area contributed by atoms with Crippen LogP contribution in [0.3, 0.4) is 0 Å². The van der Waals surface area contributed by atoms with E-state index in [0.717, 1.165) is 16.1 Å². The number of benzene rings is 1. The molecule has 0 atom stereocenters. The first-order valence-corrected chi connectivity index (χ1v) is 4.67. The van der Waals surface area contributed by atoms with E-state index in [1.165, 1.54) is 6.08 Å². The van der Waals surface area contributed by atoms with Crippen molar-refractivity contribution >= 4 is 28.0 Å². The molecular formula is C10H9BrO3. The summed E-state index contributed by atoms with van der Waals surface area (Å²) in [7, 11) is 1.54. The van der Waals surface area contributed by atoms with Crippen molar-refractivity contribution in [3.05, 3.63) is 34.3 Å². The van der Waals surface area contributed by atoms with Gasteiger partial charge in [-0.3, -0.25) is 0 Å². The van der Waals surface area contributed by atoms with Crippen molar-refractivity contribution in [2.45, 2.75) is 0 Å². The van der Waals surface area contributed by atoms with Crippen LogP contribution in [0.15, 0.2) is 28.7 Å². The quantitative estimate of drug-likeness (QED) is 0.846. The first-order chi connectivity index (χ1) is 6.63. The highest BCUT2D eigenvalue weighted by molar-refractivity contribution is 9.10. The second-order valence-electron chi connectivity index (χ2n) is 2.56. The Morgan fingerprint density at radius 1 is 1.57 bits per heavy atom. The molecule has 1 N–H and O–H groups in total. The zero-order chi connectivity index (χ0) is 10.6. The molecule has 0 aliphatic rings. The molecule has 0 unspecified atom stereocenters. The van der Waals surface area contributed by atoms with Crippen LogP contribution >= 0.6 is 15.9 Å². The lowest BCUT2D eigenvalue weighted by Gasteiger charge is -2.04. The minimum absolute atomic E-state index is 0.644. The van der Waals surface area contributed by atoms with Gasteiger partial charge in [-0.15, -0.1) is 0 Å². The van der Waals surface area contributed by atoms with Gasteiger partial charge in [-0.2, -0.15) is 0 Å². The highest BCUT2D eigenvalue weighted by atomic mass is 79.9. The van der Waals surface area contributed by atoms with Crippen LogP contribution in [-0.4, -0.2) is 18.2 Å². The van der Waals surface area contributed by atoms with Crippen LogP contribution in [0.1, 0.15) is 5.56 Å². The monoisotopic (exact) mass is 256 g/mol. The molecule has 1 aromatic rings. The van der Waals surface area contributed by atoms with Crippen LogP contribution in [0.2, 0.25) is 0 Å². The number of hydrogen-bond acceptors (Lipinski definition) is 2. The van der Waals surface area contributed by atoms with Crippen LogP contribution < -0.4 is 4.74 Å². The molecule has 14 heavy (non-hydrogen) atoms. The molecule has 0 aliphatic carbocycles. The minimum atomic E-state index is -0.980. The van der Waals surface area contributed by atoms with Gasteiger partial charge in [0.25, 0.3) is 0 Å². The highest BCUT2D eigenvalue weighted by Crippen LogP contribution is 2.23. The molecule has 0 saturated heterocycles. The average molecular weight is 257 g/mol. The highest BCUT2D eigenvalue weighted by Gasteiger charge is 2.00. The van der Waals surface area contributed by atoms with Gasteiger partial charge in [0.15, 0.2) is 0 Å². The number of carboxylic acids is 1. The van der Waals surface area contributed by atoms with Crippen LogP contribution in [0.4, 0.5) is 0 Å². The molecule has 0 aromatic heterocycles. The number of rotatable bonds is 3. The lowest BCUT2D eigenvalue weighted by Crippen LogP contribution is -1.89. The van der Waals surface area contributed by atoms with E-state index < -0.39 is 5.97 Å². The molecule has 0 amide bonds. The smallest absolute Gasteiger partial charge is 0.328 e. The largest absolute Gasteiger partial charge is 0.496 e. The van der Waals surface area contributed by atoms with E-state index in [9.17, 15) is 4.79 Å². The number of ether oxygens (including phenoxy) is 1. The lowest BCUT2D eigenvalue weighted by atomic mass is 10.2. The van der Waals surface area contributed by atoms with E-state index in [2.05, 4.69) is 15.9 Å². The van der Waals surface area contributed by atoms with E-state index in [0.29, 0.717) is 5.75 Å². The number of methoxy groups -OCH3 is 1. The first kappa shape index (κ1) is 10.8. The zero-order valence-electron chi connectivity index (χ0n) is 7.53. The Balaban J connectivity index is 3.04. The Kier molecular flexibility index (Phi) is 3.71. The molecule has 0 saturated carbocycles.